The van der Waals surface area contributed by atoms with Gasteiger partial charge in [0.25, 0.3) is 5.56 Å². The van der Waals surface area contributed by atoms with Crippen LogP contribution >= 0.6 is 22.9 Å². The second kappa shape index (κ2) is 8.10. The molecule has 0 spiro atoms. The van der Waals surface area contributed by atoms with E-state index in [1.165, 1.54) is 15.9 Å². The van der Waals surface area contributed by atoms with Crippen LogP contribution < -0.4 is 11.2 Å². The summed E-state index contributed by atoms with van der Waals surface area (Å²) in [5.74, 6) is -0.155. The highest BCUT2D eigenvalue weighted by molar-refractivity contribution is 7.17. The van der Waals surface area contributed by atoms with Gasteiger partial charge in [0, 0.05) is 18.1 Å². The van der Waals surface area contributed by atoms with E-state index in [1.54, 1.807) is 40.6 Å². The maximum absolute atomic E-state index is 13.1. The fourth-order valence-electron chi connectivity index (χ4n) is 3.03. The monoisotopic (exact) mass is 405 g/mol. The van der Waals surface area contributed by atoms with Crippen LogP contribution in [0.2, 0.25) is 5.02 Å². The summed E-state index contributed by atoms with van der Waals surface area (Å²) >= 11 is 7.46. The molecule has 142 valence electrons. The average Bonchev–Trinajstić information content (AvgIpc) is 3.14. The Labute approximate surface area is 165 Å². The number of hydrogen-bond donors (Lipinski definition) is 0. The van der Waals surface area contributed by atoms with Gasteiger partial charge in [-0.1, -0.05) is 29.8 Å². The van der Waals surface area contributed by atoms with Gasteiger partial charge in [-0.25, -0.2) is 4.79 Å². The van der Waals surface area contributed by atoms with Gasteiger partial charge in [0.05, 0.1) is 12.1 Å². The van der Waals surface area contributed by atoms with Gasteiger partial charge in [0.1, 0.15) is 11.2 Å². The lowest BCUT2D eigenvalue weighted by atomic mass is 10.2. The molecule has 0 bridgehead atoms. The first kappa shape index (κ1) is 19.4. The van der Waals surface area contributed by atoms with Gasteiger partial charge >= 0.3 is 5.69 Å². The molecule has 0 fully saturated rings. The number of halogens is 1. The average molecular weight is 406 g/mol. The predicted molar refractivity (Wildman–Crippen MR) is 109 cm³/mol. The van der Waals surface area contributed by atoms with E-state index >= 15 is 0 Å². The summed E-state index contributed by atoms with van der Waals surface area (Å²) in [5, 5.41) is 2.24. The number of hydrogen-bond acceptors (Lipinski definition) is 4. The van der Waals surface area contributed by atoms with Crippen molar-refractivity contribution in [2.75, 3.05) is 13.1 Å². The Morgan fingerprint density at radius 3 is 2.48 bits per heavy atom. The molecular weight excluding hydrogens is 386 g/mol. The van der Waals surface area contributed by atoms with Crippen molar-refractivity contribution in [3.8, 4) is 0 Å². The number of rotatable bonds is 6. The third kappa shape index (κ3) is 3.70. The molecule has 0 aliphatic carbocycles. The molecule has 0 saturated carbocycles. The third-order valence-corrected chi connectivity index (χ3v) is 5.79. The Hall–Kier alpha value is -2.38. The fourth-order valence-corrected chi connectivity index (χ4v) is 4.07. The number of carbonyl (C=O) groups is 1. The second-order valence-electron chi connectivity index (χ2n) is 6.05. The standard InChI is InChI=1S/C19H20ClN3O3S/c1-3-21(4-2)16(24)12-22-15-9-10-27-17(15)18(25)23(19(22)26)11-13-7-5-6-8-14(13)20/h5-10H,3-4,11-12H2,1-2H3. The lowest BCUT2D eigenvalue weighted by Gasteiger charge is -2.20. The number of carbonyl (C=O) groups excluding carboxylic acids is 1. The quantitative estimate of drug-likeness (QED) is 0.633. The summed E-state index contributed by atoms with van der Waals surface area (Å²) < 4.78 is 2.98. The molecule has 1 amide bonds. The topological polar surface area (TPSA) is 64.3 Å². The Kier molecular flexibility index (Phi) is 5.82. The summed E-state index contributed by atoms with van der Waals surface area (Å²) in [6, 6.07) is 8.79. The number of amides is 1. The van der Waals surface area contributed by atoms with Gasteiger partial charge in [-0.2, -0.15) is 0 Å². The van der Waals surface area contributed by atoms with Crippen molar-refractivity contribution < 1.29 is 4.79 Å². The van der Waals surface area contributed by atoms with Crippen molar-refractivity contribution in [3.05, 3.63) is 67.1 Å². The van der Waals surface area contributed by atoms with Crippen LogP contribution in [0.4, 0.5) is 0 Å². The van der Waals surface area contributed by atoms with E-state index in [2.05, 4.69) is 0 Å². The molecule has 2 aromatic heterocycles. The van der Waals surface area contributed by atoms with Gasteiger partial charge in [0.15, 0.2) is 0 Å². The second-order valence-corrected chi connectivity index (χ2v) is 7.38. The van der Waals surface area contributed by atoms with Crippen molar-refractivity contribution >= 4 is 39.1 Å². The zero-order chi connectivity index (χ0) is 19.6. The van der Waals surface area contributed by atoms with Gasteiger partial charge in [-0.15, -0.1) is 11.3 Å². The van der Waals surface area contributed by atoms with E-state index in [1.807, 2.05) is 13.8 Å². The van der Waals surface area contributed by atoms with Crippen LogP contribution in [0.15, 0.2) is 45.3 Å². The molecule has 0 aliphatic heterocycles. The van der Waals surface area contributed by atoms with Crippen LogP contribution in [0.25, 0.3) is 10.2 Å². The van der Waals surface area contributed by atoms with E-state index in [0.29, 0.717) is 33.9 Å². The highest BCUT2D eigenvalue weighted by Crippen LogP contribution is 2.18. The maximum atomic E-state index is 13.1. The Bertz CT molecular complexity index is 1100. The predicted octanol–water partition coefficient (Wildman–Crippen LogP) is 2.79. The molecule has 0 N–H and O–H groups in total. The molecule has 0 unspecified atom stereocenters. The van der Waals surface area contributed by atoms with Crippen molar-refractivity contribution in [1.29, 1.82) is 0 Å². The van der Waals surface area contributed by atoms with Crippen LogP contribution in [0, 0.1) is 0 Å². The lowest BCUT2D eigenvalue weighted by molar-refractivity contribution is -0.131. The molecule has 0 saturated heterocycles. The molecule has 6 nitrogen and oxygen atoms in total. The van der Waals surface area contributed by atoms with E-state index in [9.17, 15) is 14.4 Å². The maximum Gasteiger partial charge on any atom is 0.332 e. The van der Waals surface area contributed by atoms with Crippen LogP contribution in [-0.4, -0.2) is 33.0 Å². The van der Waals surface area contributed by atoms with Gasteiger partial charge in [0.2, 0.25) is 5.91 Å². The van der Waals surface area contributed by atoms with Gasteiger partial charge in [-0.05, 0) is 36.9 Å². The SMILES string of the molecule is CCN(CC)C(=O)Cn1c(=O)n(Cc2ccccc2Cl)c(=O)c2sccc21. The van der Waals surface area contributed by atoms with Crippen LogP contribution in [0.5, 0.6) is 0 Å². The molecule has 3 rings (SSSR count). The highest BCUT2D eigenvalue weighted by Gasteiger charge is 2.19. The molecule has 27 heavy (non-hydrogen) atoms. The third-order valence-electron chi connectivity index (χ3n) is 4.53. The molecule has 0 aliphatic rings. The highest BCUT2D eigenvalue weighted by atomic mass is 35.5. The number of aromatic nitrogens is 2. The van der Waals surface area contributed by atoms with Crippen LogP contribution in [-0.2, 0) is 17.9 Å². The minimum Gasteiger partial charge on any atom is -0.342 e. The normalized spacial score (nSPS) is 11.1. The molecule has 3 aromatic rings. The summed E-state index contributed by atoms with van der Waals surface area (Å²) in [7, 11) is 0. The molecule has 1 aromatic carbocycles. The van der Waals surface area contributed by atoms with Crippen molar-refractivity contribution in [2.45, 2.75) is 26.9 Å². The number of likely N-dealkylation sites (N-methyl/N-ethyl adjacent to an activating group) is 1. The van der Waals surface area contributed by atoms with Crippen LogP contribution in [0.1, 0.15) is 19.4 Å². The van der Waals surface area contributed by atoms with Crippen molar-refractivity contribution in [3.63, 3.8) is 0 Å². The minimum absolute atomic E-state index is 0.0602. The van der Waals surface area contributed by atoms with Gasteiger partial charge in [-0.3, -0.25) is 18.7 Å². The Morgan fingerprint density at radius 2 is 1.81 bits per heavy atom. The first-order valence-corrected chi connectivity index (χ1v) is 9.95. The molecule has 0 radical (unpaired) electrons. The fraction of sp³-hybridized carbons (Fsp3) is 0.316. The van der Waals surface area contributed by atoms with Gasteiger partial charge < -0.3 is 4.90 Å². The molecule has 0 atom stereocenters. The minimum atomic E-state index is -0.508. The van der Waals surface area contributed by atoms with E-state index in [0.717, 1.165) is 4.57 Å². The lowest BCUT2D eigenvalue weighted by Crippen LogP contribution is -2.43. The zero-order valence-electron chi connectivity index (χ0n) is 15.1. The molecule has 8 heteroatoms. The van der Waals surface area contributed by atoms with E-state index < -0.39 is 5.69 Å². The number of fused-ring (bicyclic) bond motifs is 1. The van der Waals surface area contributed by atoms with Crippen molar-refractivity contribution in [2.24, 2.45) is 0 Å². The van der Waals surface area contributed by atoms with Crippen molar-refractivity contribution in [1.82, 2.24) is 14.0 Å². The summed E-state index contributed by atoms with van der Waals surface area (Å²) in [6.45, 7) is 4.87. The van der Waals surface area contributed by atoms with E-state index in [4.69, 9.17) is 11.6 Å². The smallest absolute Gasteiger partial charge is 0.332 e. The summed E-state index contributed by atoms with van der Waals surface area (Å²) in [5.41, 5.74) is 0.296. The zero-order valence-corrected chi connectivity index (χ0v) is 16.7. The number of thiophene rings is 1. The Morgan fingerprint density at radius 1 is 1.11 bits per heavy atom. The Balaban J connectivity index is 2.13. The summed E-state index contributed by atoms with van der Waals surface area (Å²) in [4.78, 5) is 40.1. The first-order valence-electron chi connectivity index (χ1n) is 8.69. The largest absolute Gasteiger partial charge is 0.342 e. The van der Waals surface area contributed by atoms with Crippen LogP contribution in [0.3, 0.4) is 0 Å². The first-order chi connectivity index (χ1) is 13.0. The van der Waals surface area contributed by atoms with E-state index in [-0.39, 0.29) is 24.6 Å². The molecular formula is C19H20ClN3O3S. The number of benzene rings is 1. The summed E-state index contributed by atoms with van der Waals surface area (Å²) in [6.07, 6.45) is 0. The number of nitrogens with zero attached hydrogens (tertiary/aromatic N) is 3. The molecule has 2 heterocycles.